The van der Waals surface area contributed by atoms with E-state index in [2.05, 4.69) is 0 Å². The summed E-state index contributed by atoms with van der Waals surface area (Å²) >= 11 is 0. The van der Waals surface area contributed by atoms with E-state index in [0.717, 1.165) is 17.7 Å². The van der Waals surface area contributed by atoms with Gasteiger partial charge in [0.1, 0.15) is 17.7 Å². The van der Waals surface area contributed by atoms with Crippen molar-refractivity contribution in [3.05, 3.63) is 29.8 Å². The Morgan fingerprint density at radius 2 is 1.75 bits per heavy atom. The first kappa shape index (κ1) is 20.8. The summed E-state index contributed by atoms with van der Waals surface area (Å²) in [6, 6.07) is 7.70. The van der Waals surface area contributed by atoms with Gasteiger partial charge in [-0.25, -0.2) is 0 Å². The van der Waals surface area contributed by atoms with Crippen LogP contribution in [0.1, 0.15) is 25.3 Å². The third-order valence-electron chi connectivity index (χ3n) is 3.69. The molecule has 0 heterocycles. The van der Waals surface area contributed by atoms with E-state index in [4.69, 9.17) is 18.5 Å². The first-order valence-electron chi connectivity index (χ1n) is 7.85. The molecule has 0 saturated carbocycles. The standard InChI is InChI=1S/C17H27O6P/c1-14(11-16(18)13-24(19,21-3)22-4)9-10-23-12-15-5-7-17(20-2)8-6-15/h5-8,14H,9-13H2,1-4H3/t14-/m1/s1. The molecule has 0 saturated heterocycles. The van der Waals surface area contributed by atoms with E-state index >= 15 is 0 Å². The monoisotopic (exact) mass is 358 g/mol. The third kappa shape index (κ3) is 7.58. The van der Waals surface area contributed by atoms with Crippen LogP contribution in [0.2, 0.25) is 0 Å². The van der Waals surface area contributed by atoms with Gasteiger partial charge in [0.2, 0.25) is 0 Å². The highest BCUT2D eigenvalue weighted by Crippen LogP contribution is 2.46. The average molecular weight is 358 g/mol. The molecule has 0 N–H and O–H groups in total. The van der Waals surface area contributed by atoms with Crippen LogP contribution in [0.25, 0.3) is 0 Å². The van der Waals surface area contributed by atoms with Gasteiger partial charge in [-0.3, -0.25) is 9.36 Å². The minimum absolute atomic E-state index is 0.121. The smallest absolute Gasteiger partial charge is 0.337 e. The lowest BCUT2D eigenvalue weighted by atomic mass is 10.0. The quantitative estimate of drug-likeness (QED) is 0.419. The predicted molar refractivity (Wildman–Crippen MR) is 92.5 cm³/mol. The summed E-state index contributed by atoms with van der Waals surface area (Å²) in [5, 5.41) is 0. The van der Waals surface area contributed by atoms with Crippen molar-refractivity contribution in [3.63, 3.8) is 0 Å². The van der Waals surface area contributed by atoms with E-state index < -0.39 is 7.60 Å². The Balaban J connectivity index is 2.24. The summed E-state index contributed by atoms with van der Waals surface area (Å²) in [6.45, 7) is 3.05. The number of carbonyl (C=O) groups is 1. The number of hydrogen-bond acceptors (Lipinski definition) is 6. The summed E-state index contributed by atoms with van der Waals surface area (Å²) in [5.41, 5.74) is 1.07. The van der Waals surface area contributed by atoms with Crippen molar-refractivity contribution in [2.75, 3.05) is 34.1 Å². The van der Waals surface area contributed by atoms with Crippen molar-refractivity contribution >= 4 is 13.4 Å². The van der Waals surface area contributed by atoms with Gasteiger partial charge >= 0.3 is 7.60 Å². The van der Waals surface area contributed by atoms with Crippen molar-refractivity contribution in [2.45, 2.75) is 26.4 Å². The second kappa shape index (κ2) is 10.6. The summed E-state index contributed by atoms with van der Waals surface area (Å²) < 4.78 is 32.2. The van der Waals surface area contributed by atoms with E-state index in [1.54, 1.807) is 7.11 Å². The van der Waals surface area contributed by atoms with Gasteiger partial charge < -0.3 is 18.5 Å². The van der Waals surface area contributed by atoms with E-state index in [-0.39, 0.29) is 17.9 Å². The van der Waals surface area contributed by atoms with Gasteiger partial charge in [-0.05, 0) is 30.0 Å². The second-order valence-electron chi connectivity index (χ2n) is 5.67. The van der Waals surface area contributed by atoms with E-state index in [0.29, 0.717) is 19.6 Å². The number of methoxy groups -OCH3 is 1. The van der Waals surface area contributed by atoms with E-state index in [9.17, 15) is 9.36 Å². The van der Waals surface area contributed by atoms with Gasteiger partial charge in [-0.1, -0.05) is 19.1 Å². The summed E-state index contributed by atoms with van der Waals surface area (Å²) in [6.07, 6.45) is 0.909. The molecule has 6 nitrogen and oxygen atoms in total. The SMILES string of the molecule is COc1ccc(COCC[C@@H](C)CC(=O)CP(=O)(OC)OC)cc1. The highest BCUT2D eigenvalue weighted by molar-refractivity contribution is 7.54. The molecule has 0 bridgehead atoms. The third-order valence-corrected chi connectivity index (χ3v) is 5.54. The molecule has 136 valence electrons. The van der Waals surface area contributed by atoms with Crippen LogP contribution in [0.3, 0.4) is 0 Å². The lowest BCUT2D eigenvalue weighted by molar-refractivity contribution is -0.117. The van der Waals surface area contributed by atoms with Gasteiger partial charge in [0.05, 0.1) is 13.7 Å². The van der Waals surface area contributed by atoms with Crippen LogP contribution >= 0.6 is 7.60 Å². The van der Waals surface area contributed by atoms with Crippen LogP contribution in [0.5, 0.6) is 5.75 Å². The molecule has 0 aliphatic rings. The number of carbonyl (C=O) groups excluding carboxylic acids is 1. The number of benzene rings is 1. The molecule has 0 aliphatic heterocycles. The Morgan fingerprint density at radius 3 is 2.29 bits per heavy atom. The number of ketones is 1. The molecule has 1 rings (SSSR count). The molecule has 0 unspecified atom stereocenters. The van der Waals surface area contributed by atoms with Gasteiger partial charge in [0, 0.05) is 27.2 Å². The predicted octanol–water partition coefficient (Wildman–Crippen LogP) is 3.68. The Hall–Kier alpha value is -1.20. The Labute approximate surface area is 144 Å². The van der Waals surface area contributed by atoms with Gasteiger partial charge in [0.15, 0.2) is 0 Å². The molecule has 24 heavy (non-hydrogen) atoms. The van der Waals surface area contributed by atoms with E-state index in [1.165, 1.54) is 14.2 Å². The van der Waals surface area contributed by atoms with Crippen LogP contribution in [-0.2, 0) is 29.8 Å². The van der Waals surface area contributed by atoms with Crippen molar-refractivity contribution in [2.24, 2.45) is 5.92 Å². The highest BCUT2D eigenvalue weighted by atomic mass is 31.2. The fourth-order valence-electron chi connectivity index (χ4n) is 2.17. The van der Waals surface area contributed by atoms with Gasteiger partial charge in [-0.2, -0.15) is 0 Å². The van der Waals surface area contributed by atoms with Gasteiger partial charge in [0.25, 0.3) is 0 Å². The molecule has 0 aliphatic carbocycles. The Bertz CT molecular complexity index is 535. The minimum atomic E-state index is -3.26. The van der Waals surface area contributed by atoms with Crippen LogP contribution in [-0.4, -0.2) is 39.9 Å². The molecule has 0 fully saturated rings. The van der Waals surface area contributed by atoms with E-state index in [1.807, 2.05) is 31.2 Å². The average Bonchev–Trinajstić information content (AvgIpc) is 2.59. The maximum Gasteiger partial charge on any atom is 0.337 e. The number of Topliss-reactive ketones (excluding diaryl/α,β-unsaturated/α-hetero) is 1. The first-order valence-corrected chi connectivity index (χ1v) is 9.58. The molecule has 1 aromatic carbocycles. The van der Waals surface area contributed by atoms with Gasteiger partial charge in [-0.15, -0.1) is 0 Å². The molecule has 0 spiro atoms. The number of ether oxygens (including phenoxy) is 2. The Morgan fingerprint density at radius 1 is 1.12 bits per heavy atom. The molecule has 0 amide bonds. The fourth-order valence-corrected chi connectivity index (χ4v) is 3.14. The zero-order chi connectivity index (χ0) is 18.0. The molecule has 0 radical (unpaired) electrons. The molecule has 7 heteroatoms. The summed E-state index contributed by atoms with van der Waals surface area (Å²) in [5.74, 6) is 0.843. The molecule has 1 atom stereocenters. The van der Waals surface area contributed by atoms with Crippen LogP contribution < -0.4 is 4.74 Å². The maximum absolute atomic E-state index is 11.9. The van der Waals surface area contributed by atoms with Crippen molar-refractivity contribution in [1.29, 1.82) is 0 Å². The van der Waals surface area contributed by atoms with Crippen LogP contribution in [0.4, 0.5) is 0 Å². The lowest BCUT2D eigenvalue weighted by Crippen LogP contribution is -2.13. The maximum atomic E-state index is 11.9. The zero-order valence-electron chi connectivity index (χ0n) is 14.8. The first-order chi connectivity index (χ1) is 11.4. The Kier molecular flexibility index (Phi) is 9.22. The molecular formula is C17H27O6P. The van der Waals surface area contributed by atoms with Crippen molar-refractivity contribution in [3.8, 4) is 5.75 Å². The zero-order valence-corrected chi connectivity index (χ0v) is 15.7. The van der Waals surface area contributed by atoms with Crippen molar-refractivity contribution < 1.29 is 27.9 Å². The van der Waals surface area contributed by atoms with Crippen LogP contribution in [0.15, 0.2) is 24.3 Å². The summed E-state index contributed by atoms with van der Waals surface area (Å²) in [7, 11) is 0.940. The largest absolute Gasteiger partial charge is 0.497 e. The topological polar surface area (TPSA) is 71.1 Å². The molecular weight excluding hydrogens is 331 g/mol. The van der Waals surface area contributed by atoms with Crippen molar-refractivity contribution in [1.82, 2.24) is 0 Å². The summed E-state index contributed by atoms with van der Waals surface area (Å²) in [4.78, 5) is 11.9. The lowest BCUT2D eigenvalue weighted by Gasteiger charge is -2.15. The normalized spacial score (nSPS) is 12.8. The number of hydrogen-bond donors (Lipinski definition) is 0. The van der Waals surface area contributed by atoms with Crippen LogP contribution in [0, 0.1) is 5.92 Å². The fraction of sp³-hybridized carbons (Fsp3) is 0.588. The second-order valence-corrected chi connectivity index (χ2v) is 7.94. The minimum Gasteiger partial charge on any atom is -0.497 e. The number of rotatable bonds is 12. The molecule has 1 aromatic rings. The highest BCUT2D eigenvalue weighted by Gasteiger charge is 2.26. The molecule has 0 aromatic heterocycles.